The van der Waals surface area contributed by atoms with Crippen LogP contribution in [0.5, 0.6) is 5.75 Å². The molecular weight excluding hydrogens is 400 g/mol. The zero-order chi connectivity index (χ0) is 22.9. The van der Waals surface area contributed by atoms with Crippen LogP contribution in [0.3, 0.4) is 0 Å². The van der Waals surface area contributed by atoms with Gasteiger partial charge in [0.1, 0.15) is 11.8 Å². The molecule has 1 N–H and O–H groups in total. The van der Waals surface area contributed by atoms with Gasteiger partial charge in [-0.15, -0.1) is 0 Å². The van der Waals surface area contributed by atoms with E-state index in [4.69, 9.17) is 4.74 Å². The Morgan fingerprint density at radius 3 is 2.47 bits per heavy atom. The molecule has 2 amide bonds. The Labute approximate surface area is 192 Å². The molecule has 5 heteroatoms. The summed E-state index contributed by atoms with van der Waals surface area (Å²) in [5, 5.41) is 3.18. The number of aryl methyl sites for hydroxylation is 2. The van der Waals surface area contributed by atoms with Crippen molar-refractivity contribution in [1.82, 2.24) is 10.2 Å². The third-order valence-electron chi connectivity index (χ3n) is 6.35. The lowest BCUT2D eigenvalue weighted by atomic mass is 9.95. The number of ether oxygens (including phenoxy) is 1. The van der Waals surface area contributed by atoms with Crippen LogP contribution in [0.15, 0.2) is 48.5 Å². The van der Waals surface area contributed by atoms with Gasteiger partial charge in [-0.2, -0.15) is 0 Å². The van der Waals surface area contributed by atoms with E-state index in [0.29, 0.717) is 19.4 Å². The van der Waals surface area contributed by atoms with Gasteiger partial charge in [0.2, 0.25) is 11.8 Å². The summed E-state index contributed by atoms with van der Waals surface area (Å²) in [5.41, 5.74) is 3.28. The Morgan fingerprint density at radius 2 is 1.78 bits per heavy atom. The maximum atomic E-state index is 13.3. The summed E-state index contributed by atoms with van der Waals surface area (Å²) in [6, 6.07) is 15.6. The molecule has 0 saturated heterocycles. The second-order valence-electron chi connectivity index (χ2n) is 8.88. The lowest BCUT2D eigenvalue weighted by Crippen LogP contribution is -2.50. The van der Waals surface area contributed by atoms with Gasteiger partial charge < -0.3 is 15.0 Å². The average Bonchev–Trinajstić information content (AvgIpc) is 2.82. The highest BCUT2D eigenvalue weighted by molar-refractivity contribution is 5.87. The van der Waals surface area contributed by atoms with Crippen LogP contribution in [-0.2, 0) is 22.6 Å². The first-order valence-electron chi connectivity index (χ1n) is 11.7. The number of hydrogen-bond donors (Lipinski definition) is 1. The highest BCUT2D eigenvalue weighted by Gasteiger charge is 2.28. The number of benzene rings is 2. The number of carbonyl (C=O) groups is 2. The number of nitrogens with zero attached hydrogens (tertiary/aromatic N) is 1. The fraction of sp³-hybridized carbons (Fsp3) is 0.481. The Bertz CT molecular complexity index is 888. The standard InChI is InChI=1S/C27H36N2O3/c1-20-12-14-22(15-13-20)16-17-26(30)29(19-23-8-7-11-25(18-23)32-3)21(2)27(31)28-24-9-5-4-6-10-24/h7-8,11-15,18,21,24H,4-6,9-10,16-17,19H2,1-3H3,(H,28,31)/t21-/m0/s1. The van der Waals surface area contributed by atoms with E-state index in [2.05, 4.69) is 36.5 Å². The molecule has 172 valence electrons. The van der Waals surface area contributed by atoms with E-state index < -0.39 is 6.04 Å². The van der Waals surface area contributed by atoms with Crippen molar-refractivity contribution in [3.8, 4) is 5.75 Å². The molecule has 0 spiro atoms. The zero-order valence-corrected chi connectivity index (χ0v) is 19.6. The van der Waals surface area contributed by atoms with E-state index in [9.17, 15) is 9.59 Å². The quantitative estimate of drug-likeness (QED) is 0.614. The van der Waals surface area contributed by atoms with Crippen molar-refractivity contribution in [2.24, 2.45) is 0 Å². The van der Waals surface area contributed by atoms with Crippen molar-refractivity contribution >= 4 is 11.8 Å². The maximum Gasteiger partial charge on any atom is 0.242 e. The number of carbonyl (C=O) groups excluding carboxylic acids is 2. The Balaban J connectivity index is 1.71. The lowest BCUT2D eigenvalue weighted by molar-refractivity contribution is -0.141. The maximum absolute atomic E-state index is 13.3. The SMILES string of the molecule is COc1cccc(CN(C(=O)CCc2ccc(C)cc2)[C@@H](C)C(=O)NC2CCCCC2)c1. The van der Waals surface area contributed by atoms with Crippen molar-refractivity contribution in [2.45, 2.75) is 77.4 Å². The highest BCUT2D eigenvalue weighted by Crippen LogP contribution is 2.20. The van der Waals surface area contributed by atoms with E-state index in [1.165, 1.54) is 12.0 Å². The van der Waals surface area contributed by atoms with Gasteiger partial charge in [-0.25, -0.2) is 0 Å². The lowest BCUT2D eigenvalue weighted by Gasteiger charge is -2.31. The van der Waals surface area contributed by atoms with E-state index in [0.717, 1.165) is 42.6 Å². The molecule has 0 radical (unpaired) electrons. The number of nitrogens with one attached hydrogen (secondary N) is 1. The third-order valence-corrected chi connectivity index (χ3v) is 6.35. The Morgan fingerprint density at radius 1 is 1.06 bits per heavy atom. The second-order valence-corrected chi connectivity index (χ2v) is 8.88. The second kappa shape index (κ2) is 11.7. The Hall–Kier alpha value is -2.82. The van der Waals surface area contributed by atoms with E-state index in [1.807, 2.05) is 31.2 Å². The first-order valence-corrected chi connectivity index (χ1v) is 11.7. The minimum absolute atomic E-state index is 0.0142. The average molecular weight is 437 g/mol. The molecule has 1 saturated carbocycles. The van der Waals surface area contributed by atoms with Crippen molar-refractivity contribution in [1.29, 1.82) is 0 Å². The molecular formula is C27H36N2O3. The van der Waals surface area contributed by atoms with Gasteiger partial charge in [-0.3, -0.25) is 9.59 Å². The summed E-state index contributed by atoms with van der Waals surface area (Å²) >= 11 is 0. The summed E-state index contributed by atoms with van der Waals surface area (Å²) in [4.78, 5) is 28.1. The molecule has 2 aromatic carbocycles. The summed E-state index contributed by atoms with van der Waals surface area (Å²) in [5.74, 6) is 0.664. The molecule has 2 aromatic rings. The highest BCUT2D eigenvalue weighted by atomic mass is 16.5. The molecule has 32 heavy (non-hydrogen) atoms. The van der Waals surface area contributed by atoms with Gasteiger partial charge in [-0.05, 0) is 56.4 Å². The first-order chi connectivity index (χ1) is 15.5. The Kier molecular flexibility index (Phi) is 8.72. The van der Waals surface area contributed by atoms with E-state index >= 15 is 0 Å². The van der Waals surface area contributed by atoms with Gasteiger partial charge in [0.15, 0.2) is 0 Å². The van der Waals surface area contributed by atoms with Crippen molar-refractivity contribution < 1.29 is 14.3 Å². The minimum Gasteiger partial charge on any atom is -0.497 e. The van der Waals surface area contributed by atoms with Crippen LogP contribution in [0.1, 0.15) is 62.1 Å². The fourth-order valence-corrected chi connectivity index (χ4v) is 4.27. The van der Waals surface area contributed by atoms with Crippen molar-refractivity contribution in [3.63, 3.8) is 0 Å². The van der Waals surface area contributed by atoms with E-state index in [1.54, 1.807) is 12.0 Å². The monoisotopic (exact) mass is 436 g/mol. The van der Waals surface area contributed by atoms with Crippen LogP contribution in [0.25, 0.3) is 0 Å². The molecule has 1 atom stereocenters. The van der Waals surface area contributed by atoms with Crippen LogP contribution in [-0.4, -0.2) is 35.9 Å². The minimum atomic E-state index is -0.534. The van der Waals surface area contributed by atoms with Gasteiger partial charge in [0, 0.05) is 19.0 Å². The summed E-state index contributed by atoms with van der Waals surface area (Å²) in [7, 11) is 1.63. The van der Waals surface area contributed by atoms with Gasteiger partial charge in [0.05, 0.1) is 7.11 Å². The molecule has 0 unspecified atom stereocenters. The zero-order valence-electron chi connectivity index (χ0n) is 19.6. The van der Waals surface area contributed by atoms with Crippen LogP contribution < -0.4 is 10.1 Å². The van der Waals surface area contributed by atoms with E-state index in [-0.39, 0.29) is 17.9 Å². The van der Waals surface area contributed by atoms with Crippen LogP contribution in [0.4, 0.5) is 0 Å². The molecule has 0 bridgehead atoms. The van der Waals surface area contributed by atoms with Gasteiger partial charge in [-0.1, -0.05) is 61.2 Å². The van der Waals surface area contributed by atoms with Crippen LogP contribution in [0, 0.1) is 6.92 Å². The number of rotatable bonds is 9. The normalized spacial score (nSPS) is 15.1. The predicted molar refractivity (Wildman–Crippen MR) is 128 cm³/mol. The number of hydrogen-bond acceptors (Lipinski definition) is 3. The number of amides is 2. The van der Waals surface area contributed by atoms with Crippen LogP contribution in [0.2, 0.25) is 0 Å². The molecule has 0 heterocycles. The topological polar surface area (TPSA) is 58.6 Å². The summed E-state index contributed by atoms with van der Waals surface area (Å²) < 4.78 is 5.34. The molecule has 1 aliphatic rings. The molecule has 1 fully saturated rings. The molecule has 0 aromatic heterocycles. The fourth-order valence-electron chi connectivity index (χ4n) is 4.27. The summed E-state index contributed by atoms with van der Waals surface area (Å²) in [6.07, 6.45) is 6.62. The summed E-state index contributed by atoms with van der Waals surface area (Å²) in [6.45, 7) is 4.27. The first kappa shape index (κ1) is 23.8. The number of methoxy groups -OCH3 is 1. The smallest absolute Gasteiger partial charge is 0.242 e. The van der Waals surface area contributed by atoms with Crippen molar-refractivity contribution in [2.75, 3.05) is 7.11 Å². The largest absolute Gasteiger partial charge is 0.497 e. The molecule has 5 nitrogen and oxygen atoms in total. The van der Waals surface area contributed by atoms with Gasteiger partial charge in [0.25, 0.3) is 0 Å². The molecule has 0 aliphatic heterocycles. The third kappa shape index (κ3) is 6.84. The van der Waals surface area contributed by atoms with Gasteiger partial charge >= 0.3 is 0 Å². The molecule has 1 aliphatic carbocycles. The van der Waals surface area contributed by atoms with Crippen molar-refractivity contribution in [3.05, 3.63) is 65.2 Å². The predicted octanol–water partition coefficient (Wildman–Crippen LogP) is 4.80. The molecule has 3 rings (SSSR count). The van der Waals surface area contributed by atoms with Crippen LogP contribution >= 0.6 is 0 Å².